The molecule has 0 heterocycles. The molecule has 0 saturated carbocycles. The Bertz CT molecular complexity index is 112. The van der Waals surface area contributed by atoms with Gasteiger partial charge >= 0.3 is 0 Å². The fourth-order valence-electron chi connectivity index (χ4n) is 0.501. The van der Waals surface area contributed by atoms with E-state index in [1.54, 1.807) is 13.8 Å². The molecule has 0 spiro atoms. The predicted molar refractivity (Wildman–Crippen MR) is 34.0 cm³/mol. The number of Topliss-reactive ketones (excluding diaryl/α,β-unsaturated/α-hetero) is 1. The van der Waals surface area contributed by atoms with Gasteiger partial charge in [-0.2, -0.15) is 0 Å². The first-order chi connectivity index (χ1) is 4.22. The Morgan fingerprint density at radius 3 is 2.67 bits per heavy atom. The quantitative estimate of drug-likeness (QED) is 0.547. The van der Waals surface area contributed by atoms with Crippen molar-refractivity contribution in [2.45, 2.75) is 26.3 Å². The monoisotopic (exact) mass is 129 g/mol. The number of amides is 1. The summed E-state index contributed by atoms with van der Waals surface area (Å²) >= 11 is 0. The largest absolute Gasteiger partial charge is 0.349 e. The third kappa shape index (κ3) is 2.85. The van der Waals surface area contributed by atoms with Gasteiger partial charge in [-0.15, -0.1) is 0 Å². The molecule has 0 radical (unpaired) electrons. The summed E-state index contributed by atoms with van der Waals surface area (Å²) in [5.41, 5.74) is 0. The van der Waals surface area contributed by atoms with E-state index in [-0.39, 0.29) is 11.8 Å². The van der Waals surface area contributed by atoms with Crippen LogP contribution in [0.5, 0.6) is 0 Å². The van der Waals surface area contributed by atoms with Crippen molar-refractivity contribution < 1.29 is 9.59 Å². The third-order valence-corrected chi connectivity index (χ3v) is 1.15. The molecule has 0 fully saturated rings. The Hall–Kier alpha value is -0.860. The van der Waals surface area contributed by atoms with E-state index in [1.807, 2.05) is 0 Å². The second-order valence-corrected chi connectivity index (χ2v) is 1.83. The predicted octanol–water partition coefficient (Wildman–Crippen LogP) is 0.1000. The third-order valence-electron chi connectivity index (χ3n) is 1.15. The lowest BCUT2D eigenvalue weighted by Gasteiger charge is -2.04. The van der Waals surface area contributed by atoms with Crippen LogP contribution in [-0.2, 0) is 9.59 Å². The molecule has 0 aliphatic rings. The first kappa shape index (κ1) is 8.14. The van der Waals surface area contributed by atoms with Crippen LogP contribution in [0.25, 0.3) is 0 Å². The van der Waals surface area contributed by atoms with Crippen molar-refractivity contribution in [2.75, 3.05) is 0 Å². The van der Waals surface area contributed by atoms with Crippen LogP contribution in [0.15, 0.2) is 0 Å². The van der Waals surface area contributed by atoms with Crippen LogP contribution < -0.4 is 5.32 Å². The zero-order chi connectivity index (χ0) is 7.28. The SMILES string of the molecule is CCC(=O)C(C)NC=O. The van der Waals surface area contributed by atoms with E-state index >= 15 is 0 Å². The minimum absolute atomic E-state index is 0.0575. The Kier molecular flexibility index (Phi) is 3.67. The smallest absolute Gasteiger partial charge is 0.207 e. The molecule has 9 heavy (non-hydrogen) atoms. The lowest BCUT2D eigenvalue weighted by molar-refractivity contribution is -0.122. The second-order valence-electron chi connectivity index (χ2n) is 1.83. The number of nitrogens with one attached hydrogen (secondary N) is 1. The normalized spacial score (nSPS) is 12.2. The molecule has 0 bridgehead atoms. The standard InChI is InChI=1S/C6H11NO2/c1-3-6(9)5(2)7-4-8/h4-5H,3H2,1-2H3,(H,7,8). The van der Waals surface area contributed by atoms with Gasteiger partial charge in [-0.05, 0) is 6.92 Å². The Balaban J connectivity index is 3.58. The van der Waals surface area contributed by atoms with Crippen LogP contribution in [0.2, 0.25) is 0 Å². The van der Waals surface area contributed by atoms with Crippen molar-refractivity contribution >= 4 is 12.2 Å². The van der Waals surface area contributed by atoms with Gasteiger partial charge in [0.2, 0.25) is 6.41 Å². The average molecular weight is 129 g/mol. The molecule has 52 valence electrons. The van der Waals surface area contributed by atoms with Gasteiger partial charge in [-0.3, -0.25) is 9.59 Å². The summed E-state index contributed by atoms with van der Waals surface area (Å²) in [5, 5.41) is 2.37. The van der Waals surface area contributed by atoms with Crippen LogP contribution in [0.4, 0.5) is 0 Å². The van der Waals surface area contributed by atoms with Crippen LogP contribution in [0.3, 0.4) is 0 Å². The molecule has 0 saturated heterocycles. The lowest BCUT2D eigenvalue weighted by Crippen LogP contribution is -2.32. The highest BCUT2D eigenvalue weighted by atomic mass is 16.1. The summed E-state index contributed by atoms with van der Waals surface area (Å²) in [6, 6.07) is -0.326. The van der Waals surface area contributed by atoms with Gasteiger partial charge in [0.15, 0.2) is 5.78 Å². The number of carbonyl (C=O) groups excluding carboxylic acids is 2. The summed E-state index contributed by atoms with van der Waals surface area (Å²) in [4.78, 5) is 20.5. The number of hydrogen-bond donors (Lipinski definition) is 1. The molecule has 3 heteroatoms. The zero-order valence-corrected chi connectivity index (χ0v) is 5.68. The molecule has 1 atom stereocenters. The highest BCUT2D eigenvalue weighted by Crippen LogP contribution is 1.86. The van der Waals surface area contributed by atoms with Crippen LogP contribution >= 0.6 is 0 Å². The Morgan fingerprint density at radius 1 is 1.78 bits per heavy atom. The molecule has 0 rings (SSSR count). The molecule has 0 aliphatic carbocycles. The fraction of sp³-hybridized carbons (Fsp3) is 0.667. The molecule has 3 nitrogen and oxygen atoms in total. The van der Waals surface area contributed by atoms with E-state index in [0.717, 1.165) is 0 Å². The molecule has 0 aromatic carbocycles. The fourth-order valence-corrected chi connectivity index (χ4v) is 0.501. The number of ketones is 1. The van der Waals surface area contributed by atoms with E-state index in [9.17, 15) is 9.59 Å². The maximum Gasteiger partial charge on any atom is 0.207 e. The summed E-state index contributed by atoms with van der Waals surface area (Å²) in [5.74, 6) is 0.0575. The summed E-state index contributed by atoms with van der Waals surface area (Å²) in [7, 11) is 0. The van der Waals surface area contributed by atoms with Crippen molar-refractivity contribution in [1.82, 2.24) is 5.32 Å². The van der Waals surface area contributed by atoms with Crippen molar-refractivity contribution in [2.24, 2.45) is 0 Å². The van der Waals surface area contributed by atoms with Crippen LogP contribution in [0, 0.1) is 0 Å². The highest BCUT2D eigenvalue weighted by Gasteiger charge is 2.06. The minimum Gasteiger partial charge on any atom is -0.349 e. The first-order valence-corrected chi connectivity index (χ1v) is 2.94. The molecule has 1 unspecified atom stereocenters. The van der Waals surface area contributed by atoms with Gasteiger partial charge in [0.1, 0.15) is 0 Å². The lowest BCUT2D eigenvalue weighted by atomic mass is 10.2. The number of rotatable bonds is 4. The summed E-state index contributed by atoms with van der Waals surface area (Å²) < 4.78 is 0. The molecule has 0 aliphatic heterocycles. The van der Waals surface area contributed by atoms with E-state index in [2.05, 4.69) is 5.32 Å². The van der Waals surface area contributed by atoms with Gasteiger partial charge in [0.25, 0.3) is 0 Å². The molecule has 0 aromatic rings. The Morgan fingerprint density at radius 2 is 2.33 bits per heavy atom. The first-order valence-electron chi connectivity index (χ1n) is 2.94. The van der Waals surface area contributed by atoms with E-state index in [4.69, 9.17) is 0 Å². The molecular formula is C6H11NO2. The van der Waals surface area contributed by atoms with E-state index in [0.29, 0.717) is 12.8 Å². The minimum atomic E-state index is -0.326. The van der Waals surface area contributed by atoms with Gasteiger partial charge in [-0.1, -0.05) is 6.92 Å². The summed E-state index contributed by atoms with van der Waals surface area (Å²) in [6.45, 7) is 3.44. The van der Waals surface area contributed by atoms with E-state index in [1.165, 1.54) is 0 Å². The maximum atomic E-state index is 10.7. The van der Waals surface area contributed by atoms with Gasteiger partial charge in [0, 0.05) is 6.42 Å². The molecule has 0 aromatic heterocycles. The van der Waals surface area contributed by atoms with Crippen molar-refractivity contribution in [1.29, 1.82) is 0 Å². The average Bonchev–Trinajstić information content (AvgIpc) is 1.87. The molecule has 1 N–H and O–H groups in total. The van der Waals surface area contributed by atoms with Crippen LogP contribution in [0.1, 0.15) is 20.3 Å². The van der Waals surface area contributed by atoms with Gasteiger partial charge < -0.3 is 5.32 Å². The van der Waals surface area contributed by atoms with Crippen molar-refractivity contribution in [3.63, 3.8) is 0 Å². The highest BCUT2D eigenvalue weighted by molar-refractivity contribution is 5.84. The van der Waals surface area contributed by atoms with Gasteiger partial charge in [-0.25, -0.2) is 0 Å². The zero-order valence-electron chi connectivity index (χ0n) is 5.68. The summed E-state index contributed by atoms with van der Waals surface area (Å²) in [6.07, 6.45) is 1.01. The number of carbonyl (C=O) groups is 2. The van der Waals surface area contributed by atoms with Crippen molar-refractivity contribution in [3.05, 3.63) is 0 Å². The molecular weight excluding hydrogens is 118 g/mol. The number of hydrogen-bond acceptors (Lipinski definition) is 2. The van der Waals surface area contributed by atoms with E-state index < -0.39 is 0 Å². The second kappa shape index (κ2) is 4.06. The molecule has 1 amide bonds. The Labute approximate surface area is 54.4 Å². The van der Waals surface area contributed by atoms with Crippen LogP contribution in [-0.4, -0.2) is 18.2 Å². The van der Waals surface area contributed by atoms with Crippen molar-refractivity contribution in [3.8, 4) is 0 Å². The topological polar surface area (TPSA) is 46.2 Å². The van der Waals surface area contributed by atoms with Gasteiger partial charge in [0.05, 0.1) is 6.04 Å². The maximum absolute atomic E-state index is 10.7.